The van der Waals surface area contributed by atoms with Crippen LogP contribution < -0.4 is 0 Å². The molecule has 0 rings (SSSR count). The summed E-state index contributed by atoms with van der Waals surface area (Å²) in [5, 5.41) is 0. The molecule has 0 aromatic heterocycles. The molecule has 0 spiro atoms. The molecule has 0 aliphatic rings. The topological polar surface area (TPSA) is 178 Å². The second kappa shape index (κ2) is 50.9. The largest absolute Gasteiger partial charge is 0.460 e. The number of ether oxygens (including phenoxy) is 10. The Morgan fingerprint density at radius 2 is 0.911 bits per heavy atom. The molecular weight excluding hydrogens is 732 g/mol. The van der Waals surface area contributed by atoms with E-state index in [-0.39, 0.29) is 18.2 Å². The Balaban J connectivity index is -0.000000197. The molecule has 0 aliphatic heterocycles. The lowest BCUT2D eigenvalue weighted by Gasteiger charge is -2.14. The number of carbonyl (C=O) groups excluding carboxylic acids is 5. The van der Waals surface area contributed by atoms with Crippen molar-refractivity contribution in [3.8, 4) is 0 Å². The first-order valence-electron chi connectivity index (χ1n) is 18.5. The quantitative estimate of drug-likeness (QED) is 0.0392. The van der Waals surface area contributed by atoms with Crippen LogP contribution in [0.3, 0.4) is 0 Å². The molecule has 0 heterocycles. The molecule has 0 bridgehead atoms. The van der Waals surface area contributed by atoms with Crippen LogP contribution in [-0.4, -0.2) is 129 Å². The van der Waals surface area contributed by atoms with E-state index in [1.54, 1.807) is 28.1 Å². The zero-order valence-electron chi connectivity index (χ0n) is 35.4. The Morgan fingerprint density at radius 1 is 0.500 bits per heavy atom. The first kappa shape index (κ1) is 61.1. The van der Waals surface area contributed by atoms with Crippen molar-refractivity contribution in [3.05, 3.63) is 63.3 Å². The van der Waals surface area contributed by atoms with Crippen molar-refractivity contribution in [1.29, 1.82) is 0 Å². The maximum Gasteiger partial charge on any atom is 0.330 e. The van der Waals surface area contributed by atoms with Crippen LogP contribution in [0.4, 0.5) is 0 Å². The zero-order valence-corrected chi connectivity index (χ0v) is 35.4. The van der Waals surface area contributed by atoms with Gasteiger partial charge >= 0.3 is 29.8 Å². The van der Waals surface area contributed by atoms with Gasteiger partial charge in [-0.2, -0.15) is 0 Å². The van der Waals surface area contributed by atoms with E-state index < -0.39 is 23.9 Å². The number of hydrogen-bond donors (Lipinski definition) is 0. The van der Waals surface area contributed by atoms with E-state index in [2.05, 4.69) is 61.0 Å². The minimum Gasteiger partial charge on any atom is -0.460 e. The molecule has 0 aromatic rings. The minimum absolute atomic E-state index is 0.194. The highest BCUT2D eigenvalue weighted by atomic mass is 16.6. The average molecular weight is 805 g/mol. The van der Waals surface area contributed by atoms with E-state index in [1.165, 1.54) is 19.3 Å². The van der Waals surface area contributed by atoms with Gasteiger partial charge in [0.25, 0.3) is 0 Å². The lowest BCUT2D eigenvalue weighted by molar-refractivity contribution is -0.145. The molecule has 15 heteroatoms. The van der Waals surface area contributed by atoms with Crippen LogP contribution in [0, 0.1) is 5.92 Å². The van der Waals surface area contributed by atoms with Crippen molar-refractivity contribution < 1.29 is 71.3 Å². The Bertz CT molecular complexity index is 1010. The van der Waals surface area contributed by atoms with Gasteiger partial charge in [-0.3, -0.25) is 0 Å². The molecule has 3 unspecified atom stereocenters. The van der Waals surface area contributed by atoms with Crippen LogP contribution in [0.2, 0.25) is 0 Å². The van der Waals surface area contributed by atoms with Gasteiger partial charge in [-0.15, -0.1) is 0 Å². The normalized spacial score (nSPS) is 11.0. The van der Waals surface area contributed by atoms with Gasteiger partial charge in [0.05, 0.1) is 33.0 Å². The van der Waals surface area contributed by atoms with Crippen molar-refractivity contribution in [1.82, 2.24) is 0 Å². The molecule has 15 nitrogen and oxygen atoms in total. The molecule has 0 saturated carbocycles. The van der Waals surface area contributed by atoms with Gasteiger partial charge < -0.3 is 47.4 Å². The summed E-state index contributed by atoms with van der Waals surface area (Å²) < 4.78 is 48.3. The van der Waals surface area contributed by atoms with Gasteiger partial charge in [-0.25, -0.2) is 24.0 Å². The SMILES string of the molecule is C=CC(=O)OC(C)COC.C=CC(=O)OC(C)COCC.C=CC(=O)OCCOC.C=CC(=O)OCCOCC.C=CC(=O)OCCOCC(CC)CCCC. The lowest BCUT2D eigenvalue weighted by atomic mass is 10.0. The highest BCUT2D eigenvalue weighted by Gasteiger charge is 2.07. The van der Waals surface area contributed by atoms with Gasteiger partial charge in [0.15, 0.2) is 0 Å². The molecule has 0 aliphatic carbocycles. The Hall–Kier alpha value is -4.15. The first-order valence-corrected chi connectivity index (χ1v) is 18.5. The monoisotopic (exact) mass is 804 g/mol. The molecule has 0 fully saturated rings. The van der Waals surface area contributed by atoms with E-state index in [0.29, 0.717) is 72.0 Å². The Morgan fingerprint density at radius 3 is 1.27 bits per heavy atom. The third kappa shape index (κ3) is 56.6. The fourth-order valence-electron chi connectivity index (χ4n) is 3.18. The van der Waals surface area contributed by atoms with E-state index >= 15 is 0 Å². The minimum atomic E-state index is -0.412. The van der Waals surface area contributed by atoms with Crippen LogP contribution in [0.5, 0.6) is 0 Å². The number of esters is 5. The van der Waals surface area contributed by atoms with Gasteiger partial charge in [0.2, 0.25) is 0 Å². The number of rotatable bonds is 28. The fourth-order valence-corrected chi connectivity index (χ4v) is 3.18. The van der Waals surface area contributed by atoms with E-state index in [9.17, 15) is 24.0 Å². The predicted octanol–water partition coefficient (Wildman–Crippen LogP) is 5.95. The average Bonchev–Trinajstić information content (AvgIpc) is 3.20. The molecule has 326 valence electrons. The van der Waals surface area contributed by atoms with Crippen molar-refractivity contribution in [2.24, 2.45) is 5.92 Å². The zero-order chi connectivity index (χ0) is 43.8. The summed E-state index contributed by atoms with van der Waals surface area (Å²) in [5.74, 6) is -1.38. The molecule has 0 amide bonds. The number of carbonyl (C=O) groups is 5. The van der Waals surface area contributed by atoms with Crippen LogP contribution in [0.15, 0.2) is 63.3 Å². The van der Waals surface area contributed by atoms with Crippen LogP contribution in [0.25, 0.3) is 0 Å². The number of hydrogen-bond acceptors (Lipinski definition) is 15. The van der Waals surface area contributed by atoms with E-state index in [4.69, 9.17) is 33.2 Å². The molecule has 0 aromatic carbocycles. The summed E-state index contributed by atoms with van der Waals surface area (Å²) in [6.45, 7) is 33.2. The van der Waals surface area contributed by atoms with Crippen LogP contribution >= 0.6 is 0 Å². The maximum atomic E-state index is 10.7. The second-order valence-electron chi connectivity index (χ2n) is 10.8. The smallest absolute Gasteiger partial charge is 0.330 e. The Labute approximate surface area is 336 Å². The third-order valence-electron chi connectivity index (χ3n) is 6.00. The summed E-state index contributed by atoms with van der Waals surface area (Å²) >= 11 is 0. The summed E-state index contributed by atoms with van der Waals surface area (Å²) in [7, 11) is 3.10. The standard InChI is InChI=1S/C13H24O3.C8H14O3.2C7H12O3.C6H10O3/c1-4-7-8-12(5-2)11-15-9-10-16-13(14)6-3;1-4-8(9)11-7(3)6-10-5-2;1-4-7(8)10-6(2)5-9-3;1-3-7(8)10-6-5-9-4-2;1-3-6(7)9-5-4-8-2/h6,12H,3-5,7-11H2,1-2H3;4,7H,1,5-6H2,2-3H3;4,6H,1,5H2,2-3H3;3H,1,4-6H2,2H3;3H,1,4-5H2,2H3. The number of unbranched alkanes of at least 4 members (excludes halogenated alkanes) is 1. The fraction of sp³-hybridized carbons (Fsp3) is 0.634. The predicted molar refractivity (Wildman–Crippen MR) is 216 cm³/mol. The van der Waals surface area contributed by atoms with E-state index in [0.717, 1.165) is 43.4 Å². The first-order chi connectivity index (χ1) is 26.8. The summed E-state index contributed by atoms with van der Waals surface area (Å²) in [5.41, 5.74) is 0. The van der Waals surface area contributed by atoms with E-state index in [1.807, 2.05) is 13.8 Å². The highest BCUT2D eigenvalue weighted by Crippen LogP contribution is 2.12. The van der Waals surface area contributed by atoms with Gasteiger partial charge in [-0.05, 0) is 40.0 Å². The third-order valence-corrected chi connectivity index (χ3v) is 6.00. The molecule has 0 radical (unpaired) electrons. The van der Waals surface area contributed by atoms with Crippen LogP contribution in [0.1, 0.15) is 67.2 Å². The van der Waals surface area contributed by atoms with Gasteiger partial charge in [0.1, 0.15) is 32.0 Å². The number of methoxy groups -OCH3 is 2. The molecule has 3 atom stereocenters. The van der Waals surface area contributed by atoms with Crippen molar-refractivity contribution >= 4 is 29.8 Å². The molecule has 56 heavy (non-hydrogen) atoms. The second-order valence-corrected chi connectivity index (χ2v) is 10.8. The molecule has 0 saturated heterocycles. The van der Waals surface area contributed by atoms with Crippen molar-refractivity contribution in [2.75, 3.05) is 86.9 Å². The van der Waals surface area contributed by atoms with Crippen molar-refractivity contribution in [2.45, 2.75) is 79.4 Å². The van der Waals surface area contributed by atoms with Crippen LogP contribution in [-0.2, 0) is 71.3 Å². The summed E-state index contributed by atoms with van der Waals surface area (Å²) in [6.07, 6.45) is 10.1. The maximum absolute atomic E-state index is 10.7. The molecule has 0 N–H and O–H groups in total. The Kier molecular flexibility index (Phi) is 55.5. The molecular formula is C41H72O15. The summed E-state index contributed by atoms with van der Waals surface area (Å²) in [4.78, 5) is 52.5. The summed E-state index contributed by atoms with van der Waals surface area (Å²) in [6, 6.07) is 0. The van der Waals surface area contributed by atoms with Gasteiger partial charge in [0, 0.05) is 64.4 Å². The van der Waals surface area contributed by atoms with Gasteiger partial charge in [-0.1, -0.05) is 66.0 Å². The highest BCUT2D eigenvalue weighted by molar-refractivity contribution is 5.82. The lowest BCUT2D eigenvalue weighted by Crippen LogP contribution is -2.18. The van der Waals surface area contributed by atoms with Crippen molar-refractivity contribution in [3.63, 3.8) is 0 Å².